The van der Waals surface area contributed by atoms with E-state index in [2.05, 4.69) is 10.6 Å². The van der Waals surface area contributed by atoms with Gasteiger partial charge in [0, 0.05) is 42.2 Å². The molecule has 0 radical (unpaired) electrons. The minimum atomic E-state index is -0.579. The van der Waals surface area contributed by atoms with Crippen LogP contribution >= 0.6 is 24.0 Å². The zero-order valence-electron chi connectivity index (χ0n) is 14.9. The topological polar surface area (TPSA) is 103 Å². The Hall–Kier alpha value is -2.55. The van der Waals surface area contributed by atoms with Crippen LogP contribution in [0.4, 0.5) is 5.69 Å². The first kappa shape index (κ1) is 21.7. The summed E-state index contributed by atoms with van der Waals surface area (Å²) in [5, 5.41) is 17.4. The van der Waals surface area contributed by atoms with E-state index in [9.17, 15) is 14.9 Å². The number of methoxy groups -OCH3 is 1. The summed E-state index contributed by atoms with van der Waals surface area (Å²) in [5.41, 5.74) is 0.151. The zero-order chi connectivity index (χ0) is 19.4. The molecule has 0 aromatic heterocycles. The summed E-state index contributed by atoms with van der Waals surface area (Å²) in [6.07, 6.45) is 0. The molecule has 0 aliphatic carbocycles. The molecule has 2 aromatic rings. The van der Waals surface area contributed by atoms with Gasteiger partial charge in [-0.05, 0) is 30.3 Å². The number of hydrogen-bond acceptors (Lipinski definition) is 6. The van der Waals surface area contributed by atoms with E-state index in [-0.39, 0.29) is 46.3 Å². The van der Waals surface area contributed by atoms with E-state index < -0.39 is 4.92 Å². The molecule has 1 heterocycles. The highest BCUT2D eigenvalue weighted by Gasteiger charge is 2.20. The second-order valence-electron chi connectivity index (χ2n) is 6.07. The number of nitrogens with zero attached hydrogens (tertiary/aromatic N) is 1. The highest BCUT2D eigenvalue weighted by molar-refractivity contribution is 6.30. The molecule has 0 bridgehead atoms. The number of rotatable bonds is 7. The van der Waals surface area contributed by atoms with Gasteiger partial charge in [-0.1, -0.05) is 11.6 Å². The van der Waals surface area contributed by atoms with Gasteiger partial charge in [-0.15, -0.1) is 12.4 Å². The Kier molecular flexibility index (Phi) is 7.45. The fourth-order valence-corrected chi connectivity index (χ4v) is 2.73. The van der Waals surface area contributed by atoms with E-state index in [0.717, 1.165) is 13.1 Å². The molecule has 150 valence electrons. The lowest BCUT2D eigenvalue weighted by Gasteiger charge is -2.27. The summed E-state index contributed by atoms with van der Waals surface area (Å²) in [4.78, 5) is 22.9. The Morgan fingerprint density at radius 2 is 1.96 bits per heavy atom. The maximum Gasteiger partial charge on any atom is 0.313 e. The average molecular weight is 428 g/mol. The summed E-state index contributed by atoms with van der Waals surface area (Å²) >= 11 is 5.81. The predicted octanol–water partition coefficient (Wildman–Crippen LogP) is 3.42. The smallest absolute Gasteiger partial charge is 0.313 e. The molecule has 10 heteroatoms. The molecule has 0 atom stereocenters. The molecular formula is C18H19Cl2N3O5. The maximum atomic E-state index is 12.3. The third-order valence-electron chi connectivity index (χ3n) is 4.18. The number of ether oxygens (including phenoxy) is 2. The van der Waals surface area contributed by atoms with Crippen LogP contribution in [0, 0.1) is 16.0 Å². The average Bonchev–Trinajstić information content (AvgIpc) is 2.61. The first-order valence-electron chi connectivity index (χ1n) is 8.26. The first-order chi connectivity index (χ1) is 13.0. The lowest BCUT2D eigenvalue weighted by Crippen LogP contribution is -2.48. The van der Waals surface area contributed by atoms with E-state index in [1.54, 1.807) is 6.07 Å². The summed E-state index contributed by atoms with van der Waals surface area (Å²) in [7, 11) is 1.43. The van der Waals surface area contributed by atoms with Crippen molar-refractivity contribution in [3.05, 3.63) is 57.1 Å². The largest absolute Gasteiger partial charge is 0.493 e. The van der Waals surface area contributed by atoms with Gasteiger partial charge in [-0.3, -0.25) is 14.9 Å². The first-order valence-corrected chi connectivity index (χ1v) is 8.64. The highest BCUT2D eigenvalue weighted by Crippen LogP contribution is 2.37. The van der Waals surface area contributed by atoms with Crippen molar-refractivity contribution in [3.63, 3.8) is 0 Å². The van der Waals surface area contributed by atoms with Gasteiger partial charge in [0.2, 0.25) is 5.75 Å². The number of benzene rings is 2. The van der Waals surface area contributed by atoms with Gasteiger partial charge in [-0.25, -0.2) is 0 Å². The molecule has 3 rings (SSSR count). The summed E-state index contributed by atoms with van der Waals surface area (Å²) in [6, 6.07) is 8.76. The van der Waals surface area contributed by atoms with Crippen LogP contribution in [0.1, 0.15) is 10.4 Å². The Morgan fingerprint density at radius 1 is 1.25 bits per heavy atom. The molecule has 8 nitrogen and oxygen atoms in total. The van der Waals surface area contributed by atoms with E-state index in [1.807, 2.05) is 0 Å². The van der Waals surface area contributed by atoms with Gasteiger partial charge in [0.25, 0.3) is 5.91 Å². The molecular weight excluding hydrogens is 409 g/mol. The predicted molar refractivity (Wildman–Crippen MR) is 107 cm³/mol. The maximum absolute atomic E-state index is 12.3. The van der Waals surface area contributed by atoms with Crippen molar-refractivity contribution in [2.75, 3.05) is 26.7 Å². The number of amides is 1. The van der Waals surface area contributed by atoms with Crippen molar-refractivity contribution in [1.82, 2.24) is 10.6 Å². The minimum Gasteiger partial charge on any atom is -0.493 e. The van der Waals surface area contributed by atoms with Crippen LogP contribution in [0.25, 0.3) is 0 Å². The highest BCUT2D eigenvalue weighted by atomic mass is 35.5. The lowest BCUT2D eigenvalue weighted by atomic mass is 10.0. The summed E-state index contributed by atoms with van der Waals surface area (Å²) in [6.45, 7) is 2.40. The van der Waals surface area contributed by atoms with Crippen LogP contribution in [0.15, 0.2) is 36.4 Å². The standard InChI is InChI=1S/C18H18ClN3O5.ClH/c1-26-17-6-12(18(23)21-10-11-8-20-9-11)2-4-16(17)27-15-5-3-13(19)7-14(15)22(24)25;/h2-7,11,20H,8-10H2,1H3,(H,21,23);1H. The third kappa shape index (κ3) is 5.03. The van der Waals surface area contributed by atoms with Crippen molar-refractivity contribution in [2.24, 2.45) is 5.92 Å². The van der Waals surface area contributed by atoms with Gasteiger partial charge in [0.1, 0.15) is 0 Å². The van der Waals surface area contributed by atoms with Crippen molar-refractivity contribution < 1.29 is 19.2 Å². The number of nitro benzene ring substituents is 1. The van der Waals surface area contributed by atoms with Crippen molar-refractivity contribution >= 4 is 35.6 Å². The van der Waals surface area contributed by atoms with E-state index >= 15 is 0 Å². The number of carbonyl (C=O) groups is 1. The number of nitrogens with one attached hydrogen (secondary N) is 2. The number of nitro groups is 1. The normalized spacial score (nSPS) is 13.1. The quantitative estimate of drug-likeness (QED) is 0.518. The molecule has 0 unspecified atom stereocenters. The van der Waals surface area contributed by atoms with Gasteiger partial charge < -0.3 is 20.1 Å². The van der Waals surface area contributed by atoms with Gasteiger partial charge in [0.15, 0.2) is 11.5 Å². The number of hydrogen-bond donors (Lipinski definition) is 2. The van der Waals surface area contributed by atoms with Crippen molar-refractivity contribution in [3.8, 4) is 17.2 Å². The van der Waals surface area contributed by atoms with Crippen LogP contribution in [-0.4, -0.2) is 37.6 Å². The Balaban J connectivity index is 0.00000280. The monoisotopic (exact) mass is 427 g/mol. The molecule has 0 spiro atoms. The molecule has 0 saturated carbocycles. The molecule has 1 aliphatic rings. The van der Waals surface area contributed by atoms with Crippen LogP contribution in [0.2, 0.25) is 5.02 Å². The molecule has 1 saturated heterocycles. The van der Waals surface area contributed by atoms with Crippen LogP contribution in [0.3, 0.4) is 0 Å². The number of halogens is 2. The molecule has 1 aliphatic heterocycles. The van der Waals surface area contributed by atoms with E-state index in [4.69, 9.17) is 21.1 Å². The molecule has 1 fully saturated rings. The zero-order valence-corrected chi connectivity index (χ0v) is 16.5. The third-order valence-corrected chi connectivity index (χ3v) is 4.42. The minimum absolute atomic E-state index is 0. The Morgan fingerprint density at radius 3 is 2.57 bits per heavy atom. The second-order valence-corrected chi connectivity index (χ2v) is 6.51. The molecule has 28 heavy (non-hydrogen) atoms. The SMILES string of the molecule is COc1cc(C(=O)NCC2CNC2)ccc1Oc1ccc(Cl)cc1[N+](=O)[O-].Cl. The van der Waals surface area contributed by atoms with Gasteiger partial charge in [0.05, 0.1) is 12.0 Å². The molecule has 2 N–H and O–H groups in total. The molecule has 2 aromatic carbocycles. The fraction of sp³-hybridized carbons (Fsp3) is 0.278. The molecule has 1 amide bonds. The Bertz CT molecular complexity index is 874. The Labute approximate surface area is 172 Å². The van der Waals surface area contributed by atoms with Crippen molar-refractivity contribution in [1.29, 1.82) is 0 Å². The van der Waals surface area contributed by atoms with Gasteiger partial charge >= 0.3 is 5.69 Å². The summed E-state index contributed by atoms with van der Waals surface area (Å²) < 4.78 is 10.9. The van der Waals surface area contributed by atoms with Gasteiger partial charge in [-0.2, -0.15) is 0 Å². The fourth-order valence-electron chi connectivity index (χ4n) is 2.56. The van der Waals surface area contributed by atoms with Crippen LogP contribution < -0.4 is 20.1 Å². The number of carbonyl (C=O) groups excluding carboxylic acids is 1. The van der Waals surface area contributed by atoms with E-state index in [0.29, 0.717) is 18.0 Å². The lowest BCUT2D eigenvalue weighted by molar-refractivity contribution is -0.385. The summed E-state index contributed by atoms with van der Waals surface area (Å²) in [5.74, 6) is 0.797. The van der Waals surface area contributed by atoms with Crippen LogP contribution in [0.5, 0.6) is 17.2 Å². The second kappa shape index (κ2) is 9.59. The van der Waals surface area contributed by atoms with Crippen LogP contribution in [-0.2, 0) is 0 Å². The van der Waals surface area contributed by atoms with E-state index in [1.165, 1.54) is 37.4 Å². The van der Waals surface area contributed by atoms with Crippen molar-refractivity contribution in [2.45, 2.75) is 0 Å².